The molecular weight excluding hydrogens is 396 g/mol. The van der Waals surface area contributed by atoms with Gasteiger partial charge in [0.2, 0.25) is 23.6 Å². The zero-order chi connectivity index (χ0) is 20.3. The zero-order valence-corrected chi connectivity index (χ0v) is 16.5. The third-order valence-electron chi connectivity index (χ3n) is 5.79. The monoisotopic (exact) mass is 414 g/mol. The number of anilines is 1. The fourth-order valence-electron chi connectivity index (χ4n) is 4.29. The van der Waals surface area contributed by atoms with E-state index in [2.05, 4.69) is 10.3 Å². The Balaban J connectivity index is 1.34. The van der Waals surface area contributed by atoms with E-state index in [9.17, 15) is 19.2 Å². The number of imide groups is 2. The standard InChI is InChI=1S/C19H18N4O5S/c1-28-10-2-4-13-11(6-10)20-18(29-13)22-8-19(9-22)7-15(25)23(17(19)27)12-3-5-14(24)21-16(12)26/h2,4,6,12H,3,5,7-9H2,1H3,(H,21,24,26). The van der Waals surface area contributed by atoms with Gasteiger partial charge in [-0.15, -0.1) is 0 Å². The van der Waals surface area contributed by atoms with E-state index in [1.54, 1.807) is 7.11 Å². The van der Waals surface area contributed by atoms with E-state index >= 15 is 0 Å². The SMILES string of the molecule is COc1ccc2sc(N3CC4(CC(=O)N(C5CCC(=O)NC5=O)C4=O)C3)nc2c1. The second-order valence-electron chi connectivity index (χ2n) is 7.68. The van der Waals surface area contributed by atoms with Crippen LogP contribution < -0.4 is 15.0 Å². The molecule has 3 aliphatic rings. The molecule has 1 aromatic heterocycles. The van der Waals surface area contributed by atoms with Gasteiger partial charge in [-0.25, -0.2) is 4.98 Å². The number of amides is 4. The summed E-state index contributed by atoms with van der Waals surface area (Å²) >= 11 is 1.52. The van der Waals surface area contributed by atoms with Crippen LogP contribution in [0.15, 0.2) is 18.2 Å². The van der Waals surface area contributed by atoms with Crippen molar-refractivity contribution in [3.8, 4) is 5.75 Å². The average molecular weight is 414 g/mol. The van der Waals surface area contributed by atoms with Gasteiger partial charge in [0.1, 0.15) is 11.8 Å². The summed E-state index contributed by atoms with van der Waals surface area (Å²) < 4.78 is 6.24. The summed E-state index contributed by atoms with van der Waals surface area (Å²) in [6, 6.07) is 4.79. The maximum Gasteiger partial charge on any atom is 0.249 e. The lowest BCUT2D eigenvalue weighted by Crippen LogP contribution is -2.62. The Labute approximate surface area is 169 Å². The molecule has 1 unspecified atom stereocenters. The fourth-order valence-corrected chi connectivity index (χ4v) is 5.23. The Kier molecular flexibility index (Phi) is 3.89. The van der Waals surface area contributed by atoms with Crippen LogP contribution in [0.5, 0.6) is 5.75 Å². The maximum absolute atomic E-state index is 13.1. The Morgan fingerprint density at radius 2 is 2.03 bits per heavy atom. The average Bonchev–Trinajstić information content (AvgIpc) is 3.19. The molecule has 1 atom stereocenters. The van der Waals surface area contributed by atoms with Gasteiger partial charge < -0.3 is 9.64 Å². The number of hydrogen-bond acceptors (Lipinski definition) is 8. The van der Waals surface area contributed by atoms with E-state index < -0.39 is 17.4 Å². The van der Waals surface area contributed by atoms with Crippen LogP contribution in [0.4, 0.5) is 5.13 Å². The number of carbonyl (C=O) groups is 4. The van der Waals surface area contributed by atoms with Gasteiger partial charge in [-0.2, -0.15) is 0 Å². The molecule has 150 valence electrons. The number of piperidine rings is 1. The summed E-state index contributed by atoms with van der Waals surface area (Å²) in [4.78, 5) is 56.8. The normalized spacial score (nSPS) is 23.7. The molecule has 5 rings (SSSR count). The molecule has 4 heterocycles. The lowest BCUT2D eigenvalue weighted by atomic mass is 9.78. The van der Waals surface area contributed by atoms with Crippen LogP contribution in [0.3, 0.4) is 0 Å². The predicted octanol–water partition coefficient (Wildman–Crippen LogP) is 0.675. The molecule has 9 nitrogen and oxygen atoms in total. The van der Waals surface area contributed by atoms with E-state index in [1.807, 2.05) is 23.1 Å². The Bertz CT molecular complexity index is 1070. The minimum absolute atomic E-state index is 0.0821. The molecular formula is C19H18N4O5S. The number of carbonyl (C=O) groups excluding carboxylic acids is 4. The topological polar surface area (TPSA) is 109 Å². The molecule has 3 aliphatic heterocycles. The minimum atomic E-state index is -0.893. The van der Waals surface area contributed by atoms with Crippen LogP contribution >= 0.6 is 11.3 Å². The van der Waals surface area contributed by atoms with Crippen LogP contribution in [-0.4, -0.2) is 59.8 Å². The Hall–Kier alpha value is -3.01. The highest BCUT2D eigenvalue weighted by Crippen LogP contribution is 2.46. The number of fused-ring (bicyclic) bond motifs is 1. The van der Waals surface area contributed by atoms with Gasteiger partial charge in [0.25, 0.3) is 0 Å². The highest BCUT2D eigenvalue weighted by Gasteiger charge is 2.61. The number of nitrogens with one attached hydrogen (secondary N) is 1. The molecule has 3 saturated heterocycles. The third kappa shape index (κ3) is 2.70. The summed E-state index contributed by atoms with van der Waals surface area (Å²) in [7, 11) is 1.60. The van der Waals surface area contributed by atoms with Gasteiger partial charge in [-0.3, -0.25) is 29.4 Å². The van der Waals surface area contributed by atoms with Crippen molar-refractivity contribution in [2.75, 3.05) is 25.1 Å². The molecule has 0 aliphatic carbocycles. The number of thiazole rings is 1. The van der Waals surface area contributed by atoms with Gasteiger partial charge >= 0.3 is 0 Å². The Morgan fingerprint density at radius 3 is 2.76 bits per heavy atom. The lowest BCUT2D eigenvalue weighted by Gasteiger charge is -2.46. The number of nitrogens with zero attached hydrogens (tertiary/aromatic N) is 3. The van der Waals surface area contributed by atoms with Crippen molar-refractivity contribution in [3.63, 3.8) is 0 Å². The molecule has 0 bridgehead atoms. The summed E-state index contributed by atoms with van der Waals surface area (Å²) in [6.07, 6.45) is 0.391. The van der Waals surface area contributed by atoms with Crippen LogP contribution in [0.25, 0.3) is 10.2 Å². The second kappa shape index (κ2) is 6.24. The van der Waals surface area contributed by atoms with Crippen LogP contribution in [0.2, 0.25) is 0 Å². The largest absolute Gasteiger partial charge is 0.497 e. The van der Waals surface area contributed by atoms with Crippen molar-refractivity contribution in [1.82, 2.24) is 15.2 Å². The highest BCUT2D eigenvalue weighted by molar-refractivity contribution is 7.22. The first-order valence-electron chi connectivity index (χ1n) is 9.30. The zero-order valence-electron chi connectivity index (χ0n) is 15.6. The second-order valence-corrected chi connectivity index (χ2v) is 8.69. The summed E-state index contributed by atoms with van der Waals surface area (Å²) in [6.45, 7) is 0.774. The molecule has 0 saturated carbocycles. The summed E-state index contributed by atoms with van der Waals surface area (Å²) in [5.74, 6) is -0.890. The fraction of sp³-hybridized carbons (Fsp3) is 0.421. The summed E-state index contributed by atoms with van der Waals surface area (Å²) in [5, 5.41) is 3.01. The first-order valence-corrected chi connectivity index (χ1v) is 10.1. The number of methoxy groups -OCH3 is 1. The maximum atomic E-state index is 13.1. The Morgan fingerprint density at radius 1 is 1.24 bits per heavy atom. The molecule has 0 radical (unpaired) electrons. The van der Waals surface area contributed by atoms with Gasteiger partial charge in [-0.05, 0) is 18.6 Å². The summed E-state index contributed by atoms with van der Waals surface area (Å²) in [5.41, 5.74) is 0.0123. The van der Waals surface area contributed by atoms with Gasteiger partial charge in [0.05, 0.1) is 22.7 Å². The third-order valence-corrected chi connectivity index (χ3v) is 6.89. The number of likely N-dealkylation sites (tertiary alicyclic amines) is 1. The van der Waals surface area contributed by atoms with Crippen molar-refractivity contribution < 1.29 is 23.9 Å². The van der Waals surface area contributed by atoms with E-state index in [0.29, 0.717) is 13.1 Å². The number of hydrogen-bond donors (Lipinski definition) is 1. The molecule has 10 heteroatoms. The van der Waals surface area contributed by atoms with Gasteiger partial charge in [0.15, 0.2) is 5.13 Å². The molecule has 1 aromatic carbocycles. The minimum Gasteiger partial charge on any atom is -0.497 e. The van der Waals surface area contributed by atoms with Crippen molar-refractivity contribution in [2.45, 2.75) is 25.3 Å². The molecule has 1 spiro atoms. The van der Waals surface area contributed by atoms with E-state index in [0.717, 1.165) is 26.0 Å². The first-order chi connectivity index (χ1) is 13.9. The number of rotatable bonds is 3. The van der Waals surface area contributed by atoms with E-state index in [1.165, 1.54) is 11.3 Å². The molecule has 3 fully saturated rings. The molecule has 29 heavy (non-hydrogen) atoms. The predicted molar refractivity (Wildman–Crippen MR) is 103 cm³/mol. The molecule has 2 aromatic rings. The van der Waals surface area contributed by atoms with Crippen molar-refractivity contribution in [3.05, 3.63) is 18.2 Å². The molecule has 4 amide bonds. The van der Waals surface area contributed by atoms with E-state index in [-0.39, 0.29) is 37.0 Å². The van der Waals surface area contributed by atoms with Crippen LogP contribution in [0, 0.1) is 5.41 Å². The quantitative estimate of drug-likeness (QED) is 0.736. The highest BCUT2D eigenvalue weighted by atomic mass is 32.1. The van der Waals surface area contributed by atoms with Gasteiger partial charge in [-0.1, -0.05) is 11.3 Å². The molecule has 1 N–H and O–H groups in total. The van der Waals surface area contributed by atoms with Crippen LogP contribution in [-0.2, 0) is 19.2 Å². The number of aromatic nitrogens is 1. The van der Waals surface area contributed by atoms with Crippen molar-refractivity contribution in [2.24, 2.45) is 5.41 Å². The van der Waals surface area contributed by atoms with E-state index in [4.69, 9.17) is 4.74 Å². The van der Waals surface area contributed by atoms with Crippen molar-refractivity contribution >= 4 is 50.3 Å². The number of benzene rings is 1. The smallest absolute Gasteiger partial charge is 0.249 e. The first kappa shape index (κ1) is 18.0. The lowest BCUT2D eigenvalue weighted by molar-refractivity contribution is -0.152. The van der Waals surface area contributed by atoms with Crippen LogP contribution in [0.1, 0.15) is 19.3 Å². The van der Waals surface area contributed by atoms with Crippen molar-refractivity contribution in [1.29, 1.82) is 0 Å². The number of ether oxygens (including phenoxy) is 1. The van der Waals surface area contributed by atoms with Gasteiger partial charge in [0, 0.05) is 32.0 Å².